The van der Waals surface area contributed by atoms with Crippen LogP contribution in [0, 0.1) is 10.1 Å². The molecule has 0 N–H and O–H groups in total. The van der Waals surface area contributed by atoms with E-state index < -0.39 is 26.9 Å². The van der Waals surface area contributed by atoms with Gasteiger partial charge in [0.15, 0.2) is 10.9 Å². The molecule has 0 fully saturated rings. The molecule has 0 amide bonds. The van der Waals surface area contributed by atoms with Crippen LogP contribution in [0.25, 0.3) is 32.3 Å². The summed E-state index contributed by atoms with van der Waals surface area (Å²) in [7, 11) is 0. The SMILES string of the molecule is CCCCn1c(=O)c2cc3c(=O)c4ccc([N+](=O)[O-])cc4c(=O)c3cc2c1=O. The number of non-ortho nitro benzene ring substituents is 1. The van der Waals surface area contributed by atoms with Crippen LogP contribution in [0.4, 0.5) is 5.69 Å². The number of benzene rings is 3. The van der Waals surface area contributed by atoms with Gasteiger partial charge in [0, 0.05) is 40.2 Å². The molecular weight excluding hydrogens is 364 g/mol. The number of fused-ring (bicyclic) bond motifs is 3. The van der Waals surface area contributed by atoms with Crippen LogP contribution in [-0.2, 0) is 6.54 Å². The maximum atomic E-state index is 12.9. The second kappa shape index (κ2) is 6.19. The van der Waals surface area contributed by atoms with Crippen LogP contribution in [0.15, 0.2) is 49.5 Å². The number of nitrogens with zero attached hydrogens (tertiary/aromatic N) is 2. The highest BCUT2D eigenvalue weighted by Gasteiger charge is 2.19. The number of rotatable bonds is 4. The predicted molar refractivity (Wildman–Crippen MR) is 106 cm³/mol. The molecule has 1 heterocycles. The Labute approximate surface area is 156 Å². The Bertz CT molecular complexity index is 1510. The molecule has 28 heavy (non-hydrogen) atoms. The summed E-state index contributed by atoms with van der Waals surface area (Å²) < 4.78 is 1.12. The van der Waals surface area contributed by atoms with Gasteiger partial charge in [-0.1, -0.05) is 13.3 Å². The van der Waals surface area contributed by atoms with E-state index in [0.717, 1.165) is 23.1 Å². The van der Waals surface area contributed by atoms with Gasteiger partial charge >= 0.3 is 0 Å². The van der Waals surface area contributed by atoms with Crippen LogP contribution in [0.3, 0.4) is 0 Å². The van der Waals surface area contributed by atoms with Crippen molar-refractivity contribution in [2.75, 3.05) is 0 Å². The lowest BCUT2D eigenvalue weighted by atomic mass is 10.00. The van der Waals surface area contributed by atoms with E-state index in [4.69, 9.17) is 0 Å². The summed E-state index contributed by atoms with van der Waals surface area (Å²) in [6, 6.07) is 6.01. The summed E-state index contributed by atoms with van der Waals surface area (Å²) in [6.45, 7) is 2.20. The second-order valence-corrected chi connectivity index (χ2v) is 6.70. The molecule has 0 atom stereocenters. The standard InChI is InChI=1S/C20H14N2O6/c1-2-3-6-21-19(25)15-8-13-14(9-16(15)20(21)26)18(24)12-7-10(22(27)28)4-5-11(12)17(13)23/h4-5,7-9H,2-3,6H2,1H3. The molecule has 0 spiro atoms. The van der Waals surface area contributed by atoms with E-state index in [2.05, 4.69) is 0 Å². The van der Waals surface area contributed by atoms with Crippen molar-refractivity contribution in [2.45, 2.75) is 26.3 Å². The summed E-state index contributed by atoms with van der Waals surface area (Å²) in [5.74, 6) is 0. The Balaban J connectivity index is 2.16. The first kappa shape index (κ1) is 17.7. The van der Waals surface area contributed by atoms with Gasteiger partial charge < -0.3 is 0 Å². The lowest BCUT2D eigenvalue weighted by Crippen LogP contribution is -2.25. The van der Waals surface area contributed by atoms with E-state index in [1.54, 1.807) is 0 Å². The van der Waals surface area contributed by atoms with Crippen LogP contribution >= 0.6 is 0 Å². The minimum absolute atomic E-state index is 0.0183. The van der Waals surface area contributed by atoms with Crippen molar-refractivity contribution < 1.29 is 4.92 Å². The highest BCUT2D eigenvalue weighted by atomic mass is 16.6. The molecule has 0 aliphatic rings. The van der Waals surface area contributed by atoms with Gasteiger partial charge in [-0.05, 0) is 24.6 Å². The molecular formula is C20H14N2O6. The predicted octanol–water partition coefficient (Wildman–Crippen LogP) is 1.97. The minimum Gasteiger partial charge on any atom is -0.289 e. The first-order valence-electron chi connectivity index (χ1n) is 8.77. The maximum absolute atomic E-state index is 12.9. The molecule has 0 bridgehead atoms. The summed E-state index contributed by atoms with van der Waals surface area (Å²) in [6.07, 6.45) is 1.45. The molecule has 0 saturated heterocycles. The van der Waals surface area contributed by atoms with Gasteiger partial charge in [0.2, 0.25) is 0 Å². The van der Waals surface area contributed by atoms with Crippen LogP contribution in [0.5, 0.6) is 0 Å². The zero-order chi connectivity index (χ0) is 20.2. The first-order chi connectivity index (χ1) is 13.3. The largest absolute Gasteiger partial charge is 0.289 e. The monoisotopic (exact) mass is 378 g/mol. The quantitative estimate of drug-likeness (QED) is 0.304. The highest BCUT2D eigenvalue weighted by molar-refractivity contribution is 6.04. The van der Waals surface area contributed by atoms with Crippen molar-refractivity contribution >= 4 is 38.0 Å². The third kappa shape index (κ3) is 2.38. The molecule has 1 aromatic heterocycles. The molecule has 0 aliphatic carbocycles. The van der Waals surface area contributed by atoms with E-state index in [1.165, 1.54) is 18.2 Å². The van der Waals surface area contributed by atoms with Crippen LogP contribution in [0.1, 0.15) is 19.8 Å². The van der Waals surface area contributed by atoms with Gasteiger partial charge in [-0.3, -0.25) is 33.9 Å². The molecule has 4 rings (SSSR count). The topological polar surface area (TPSA) is 116 Å². The van der Waals surface area contributed by atoms with E-state index in [-0.39, 0.29) is 44.5 Å². The fraction of sp³-hybridized carbons (Fsp3) is 0.200. The van der Waals surface area contributed by atoms with Crippen molar-refractivity contribution in [3.63, 3.8) is 0 Å². The third-order valence-corrected chi connectivity index (χ3v) is 5.04. The Morgan fingerprint density at radius 3 is 1.89 bits per heavy atom. The van der Waals surface area contributed by atoms with Crippen LogP contribution in [0.2, 0.25) is 0 Å². The average molecular weight is 378 g/mol. The third-order valence-electron chi connectivity index (χ3n) is 5.04. The summed E-state index contributed by atoms with van der Waals surface area (Å²) in [5, 5.41) is 11.2. The Morgan fingerprint density at radius 1 is 0.821 bits per heavy atom. The molecule has 3 aromatic carbocycles. The van der Waals surface area contributed by atoms with Crippen molar-refractivity contribution in [2.24, 2.45) is 0 Å². The molecule has 8 nitrogen and oxygen atoms in total. The Morgan fingerprint density at radius 2 is 1.36 bits per heavy atom. The lowest BCUT2D eigenvalue weighted by Gasteiger charge is -2.01. The number of hydrogen-bond donors (Lipinski definition) is 0. The minimum atomic E-state index is -0.649. The van der Waals surface area contributed by atoms with E-state index in [1.807, 2.05) is 6.92 Å². The number of unbranched alkanes of at least 4 members (excludes halogenated alkanes) is 1. The van der Waals surface area contributed by atoms with E-state index in [0.29, 0.717) is 6.42 Å². The van der Waals surface area contributed by atoms with Crippen molar-refractivity contribution in [1.29, 1.82) is 0 Å². The maximum Gasteiger partial charge on any atom is 0.270 e. The molecule has 0 saturated carbocycles. The molecule has 8 heteroatoms. The number of nitro groups is 1. The van der Waals surface area contributed by atoms with E-state index >= 15 is 0 Å². The Hall–Kier alpha value is -3.68. The van der Waals surface area contributed by atoms with E-state index in [9.17, 15) is 29.3 Å². The summed E-state index contributed by atoms with van der Waals surface area (Å²) in [5.41, 5.74) is -2.37. The average Bonchev–Trinajstić information content (AvgIpc) is 2.92. The van der Waals surface area contributed by atoms with Gasteiger partial charge in [0.1, 0.15) is 0 Å². The fourth-order valence-electron chi connectivity index (χ4n) is 3.55. The molecule has 0 aliphatic heterocycles. The molecule has 140 valence electrons. The normalized spacial score (nSPS) is 11.6. The smallest absolute Gasteiger partial charge is 0.270 e. The Kier molecular flexibility index (Phi) is 3.92. The van der Waals surface area contributed by atoms with Gasteiger partial charge in [-0.15, -0.1) is 0 Å². The van der Waals surface area contributed by atoms with Gasteiger partial charge in [0.25, 0.3) is 16.8 Å². The van der Waals surface area contributed by atoms with Crippen molar-refractivity contribution in [3.05, 3.63) is 81.6 Å². The molecule has 4 aromatic rings. The summed E-state index contributed by atoms with van der Waals surface area (Å²) >= 11 is 0. The van der Waals surface area contributed by atoms with Crippen LogP contribution < -0.4 is 22.0 Å². The first-order valence-corrected chi connectivity index (χ1v) is 8.77. The zero-order valence-corrected chi connectivity index (χ0v) is 14.9. The number of aromatic nitrogens is 1. The lowest BCUT2D eigenvalue weighted by molar-refractivity contribution is -0.384. The number of hydrogen-bond acceptors (Lipinski definition) is 6. The number of nitro benzene ring substituents is 1. The second-order valence-electron chi connectivity index (χ2n) is 6.70. The highest BCUT2D eigenvalue weighted by Crippen LogP contribution is 2.21. The van der Waals surface area contributed by atoms with Gasteiger partial charge in [-0.2, -0.15) is 0 Å². The van der Waals surface area contributed by atoms with Gasteiger partial charge in [-0.25, -0.2) is 0 Å². The van der Waals surface area contributed by atoms with Crippen LogP contribution in [-0.4, -0.2) is 9.49 Å². The zero-order valence-electron chi connectivity index (χ0n) is 14.9. The van der Waals surface area contributed by atoms with Crippen molar-refractivity contribution in [1.82, 2.24) is 4.57 Å². The fourth-order valence-corrected chi connectivity index (χ4v) is 3.55. The summed E-state index contributed by atoms with van der Waals surface area (Å²) in [4.78, 5) is 61.3. The molecule has 0 radical (unpaired) electrons. The molecule has 0 unspecified atom stereocenters. The van der Waals surface area contributed by atoms with Gasteiger partial charge in [0.05, 0.1) is 15.7 Å². The van der Waals surface area contributed by atoms with Crippen molar-refractivity contribution in [3.8, 4) is 0 Å².